The monoisotopic (exact) mass is 255 g/mol. The van der Waals surface area contributed by atoms with Gasteiger partial charge in [-0.25, -0.2) is 0 Å². The van der Waals surface area contributed by atoms with Crippen molar-refractivity contribution in [1.29, 1.82) is 0 Å². The highest BCUT2D eigenvalue weighted by Gasteiger charge is 2.16. The van der Waals surface area contributed by atoms with Crippen LogP contribution in [0.2, 0.25) is 0 Å². The summed E-state index contributed by atoms with van der Waals surface area (Å²) in [5, 5.41) is 9.91. The van der Waals surface area contributed by atoms with Crippen molar-refractivity contribution in [2.45, 2.75) is 6.04 Å². The quantitative estimate of drug-likeness (QED) is 0.865. The molecule has 0 fully saturated rings. The molecule has 1 heterocycles. The minimum Gasteiger partial charge on any atom is -0.458 e. The molecule has 0 spiro atoms. The second kappa shape index (κ2) is 3.73. The van der Waals surface area contributed by atoms with Gasteiger partial charge in [0.15, 0.2) is 0 Å². The topological polar surface area (TPSA) is 59.4 Å². The maximum absolute atomic E-state index is 8.93. The number of furan rings is 1. The van der Waals surface area contributed by atoms with Gasteiger partial charge < -0.3 is 15.3 Å². The highest BCUT2D eigenvalue weighted by atomic mass is 79.9. The van der Waals surface area contributed by atoms with Gasteiger partial charge in [0.1, 0.15) is 11.3 Å². The van der Waals surface area contributed by atoms with Gasteiger partial charge in [0.25, 0.3) is 0 Å². The van der Waals surface area contributed by atoms with E-state index >= 15 is 0 Å². The van der Waals surface area contributed by atoms with Gasteiger partial charge in [-0.2, -0.15) is 0 Å². The summed E-state index contributed by atoms with van der Waals surface area (Å²) in [7, 11) is 0. The molecule has 1 aromatic carbocycles. The Morgan fingerprint density at radius 1 is 1.43 bits per heavy atom. The molecule has 3 N–H and O–H groups in total. The smallest absolute Gasteiger partial charge is 0.138 e. The van der Waals surface area contributed by atoms with Gasteiger partial charge in [-0.1, -0.05) is 12.1 Å². The van der Waals surface area contributed by atoms with Gasteiger partial charge in [0, 0.05) is 5.39 Å². The summed E-state index contributed by atoms with van der Waals surface area (Å²) in [4.78, 5) is 0. The fourth-order valence-corrected chi connectivity index (χ4v) is 2.06. The summed E-state index contributed by atoms with van der Waals surface area (Å²) in [6.07, 6.45) is 0. The number of fused-ring (bicyclic) bond motifs is 1. The van der Waals surface area contributed by atoms with Crippen LogP contribution >= 0.6 is 15.9 Å². The Balaban J connectivity index is 2.62. The number of aliphatic hydroxyl groups is 1. The molecular weight excluding hydrogens is 246 g/mol. The molecule has 3 nitrogen and oxygen atoms in total. The molecule has 0 aliphatic rings. The molecule has 0 aliphatic heterocycles. The molecule has 0 amide bonds. The molecule has 4 heteroatoms. The van der Waals surface area contributed by atoms with Gasteiger partial charge in [-0.05, 0) is 28.1 Å². The van der Waals surface area contributed by atoms with E-state index in [2.05, 4.69) is 15.9 Å². The molecule has 1 atom stereocenters. The Morgan fingerprint density at radius 3 is 2.79 bits per heavy atom. The first-order chi connectivity index (χ1) is 6.74. The number of hydrogen-bond donors (Lipinski definition) is 2. The fraction of sp³-hybridized carbons (Fsp3) is 0.200. The third-order valence-corrected chi connectivity index (χ3v) is 2.91. The molecule has 0 radical (unpaired) electrons. The molecular formula is C10H10BrNO2. The molecule has 14 heavy (non-hydrogen) atoms. The van der Waals surface area contributed by atoms with Crippen LogP contribution < -0.4 is 5.73 Å². The van der Waals surface area contributed by atoms with Crippen LogP contribution in [0.1, 0.15) is 11.8 Å². The van der Waals surface area contributed by atoms with Crippen molar-refractivity contribution < 1.29 is 9.52 Å². The second-order valence-corrected chi connectivity index (χ2v) is 3.86. The van der Waals surface area contributed by atoms with E-state index in [9.17, 15) is 0 Å². The largest absolute Gasteiger partial charge is 0.458 e. The minimum absolute atomic E-state index is 0.127. The van der Waals surface area contributed by atoms with Gasteiger partial charge in [0.05, 0.1) is 17.1 Å². The number of hydrogen-bond acceptors (Lipinski definition) is 3. The lowest BCUT2D eigenvalue weighted by Gasteiger charge is -2.03. The summed E-state index contributed by atoms with van der Waals surface area (Å²) in [6.45, 7) is -0.127. The van der Waals surface area contributed by atoms with E-state index < -0.39 is 6.04 Å². The normalized spacial score (nSPS) is 13.4. The highest BCUT2D eigenvalue weighted by Crippen LogP contribution is 2.33. The van der Waals surface area contributed by atoms with Crippen molar-refractivity contribution >= 4 is 26.9 Å². The number of nitrogens with two attached hydrogens (primary N) is 1. The molecule has 1 unspecified atom stereocenters. The predicted molar refractivity (Wildman–Crippen MR) is 57.9 cm³/mol. The van der Waals surface area contributed by atoms with Crippen LogP contribution in [0.25, 0.3) is 11.0 Å². The summed E-state index contributed by atoms with van der Waals surface area (Å²) < 4.78 is 6.35. The Labute approximate surface area is 89.6 Å². The first-order valence-corrected chi connectivity index (χ1v) is 5.06. The minimum atomic E-state index is -0.475. The lowest BCUT2D eigenvalue weighted by Crippen LogP contribution is -2.13. The first-order valence-electron chi connectivity index (χ1n) is 4.27. The van der Waals surface area contributed by atoms with Crippen LogP contribution in [0.5, 0.6) is 0 Å². The van der Waals surface area contributed by atoms with Crippen molar-refractivity contribution in [1.82, 2.24) is 0 Å². The molecule has 0 aliphatic carbocycles. The fourth-order valence-electron chi connectivity index (χ4n) is 1.35. The zero-order valence-corrected chi connectivity index (χ0v) is 8.99. The standard InChI is InChI=1S/C10H10BrNO2/c11-9-6-3-1-2-4-8(6)14-10(9)7(12)5-13/h1-4,7,13H,5,12H2. The van der Waals surface area contributed by atoms with Crippen LogP contribution in [0, 0.1) is 0 Å². The number of para-hydroxylation sites is 1. The molecule has 2 aromatic rings. The maximum atomic E-state index is 8.93. The maximum Gasteiger partial charge on any atom is 0.138 e. The summed E-state index contributed by atoms with van der Waals surface area (Å²) >= 11 is 3.41. The third kappa shape index (κ3) is 1.45. The Bertz CT molecular complexity index is 452. The van der Waals surface area contributed by atoms with Crippen molar-refractivity contribution in [3.63, 3.8) is 0 Å². The third-order valence-electron chi connectivity index (χ3n) is 2.09. The van der Waals surface area contributed by atoms with Crippen molar-refractivity contribution in [2.75, 3.05) is 6.61 Å². The zero-order valence-electron chi connectivity index (χ0n) is 7.40. The highest BCUT2D eigenvalue weighted by molar-refractivity contribution is 9.10. The van der Waals surface area contributed by atoms with E-state index in [4.69, 9.17) is 15.3 Å². The molecule has 0 bridgehead atoms. The zero-order chi connectivity index (χ0) is 10.1. The van der Waals surface area contributed by atoms with Gasteiger partial charge in [0.2, 0.25) is 0 Å². The average Bonchev–Trinajstić information content (AvgIpc) is 2.56. The van der Waals surface area contributed by atoms with Gasteiger partial charge in [-0.15, -0.1) is 0 Å². The van der Waals surface area contributed by atoms with E-state index in [1.165, 1.54) is 0 Å². The summed E-state index contributed by atoms with van der Waals surface area (Å²) in [5.41, 5.74) is 6.46. The summed E-state index contributed by atoms with van der Waals surface area (Å²) in [6, 6.07) is 7.16. The van der Waals surface area contributed by atoms with E-state index in [0.29, 0.717) is 5.76 Å². The van der Waals surface area contributed by atoms with Crippen LogP contribution in [0.3, 0.4) is 0 Å². The Hall–Kier alpha value is -0.840. The van der Waals surface area contributed by atoms with Crippen molar-refractivity contribution in [3.8, 4) is 0 Å². The Kier molecular flexibility index (Phi) is 2.58. The molecule has 0 saturated heterocycles. The van der Waals surface area contributed by atoms with E-state index in [1.54, 1.807) is 0 Å². The lowest BCUT2D eigenvalue weighted by atomic mass is 10.2. The molecule has 1 aromatic heterocycles. The molecule has 74 valence electrons. The SMILES string of the molecule is NC(CO)c1oc2ccccc2c1Br. The van der Waals surface area contributed by atoms with Crippen LogP contribution in [0.15, 0.2) is 33.2 Å². The number of rotatable bonds is 2. The van der Waals surface area contributed by atoms with E-state index in [-0.39, 0.29) is 6.61 Å². The van der Waals surface area contributed by atoms with Crippen LogP contribution in [-0.2, 0) is 0 Å². The van der Waals surface area contributed by atoms with Gasteiger partial charge >= 0.3 is 0 Å². The number of aliphatic hydroxyl groups excluding tert-OH is 1. The average molecular weight is 256 g/mol. The van der Waals surface area contributed by atoms with Crippen LogP contribution in [-0.4, -0.2) is 11.7 Å². The number of benzene rings is 1. The van der Waals surface area contributed by atoms with E-state index in [0.717, 1.165) is 15.4 Å². The molecule has 0 saturated carbocycles. The lowest BCUT2D eigenvalue weighted by molar-refractivity contribution is 0.253. The summed E-state index contributed by atoms with van der Waals surface area (Å²) in [5.74, 6) is 0.591. The number of halogens is 1. The second-order valence-electron chi connectivity index (χ2n) is 3.07. The van der Waals surface area contributed by atoms with Crippen LogP contribution in [0.4, 0.5) is 0 Å². The van der Waals surface area contributed by atoms with Crippen molar-refractivity contribution in [2.24, 2.45) is 5.73 Å². The van der Waals surface area contributed by atoms with Crippen molar-refractivity contribution in [3.05, 3.63) is 34.5 Å². The van der Waals surface area contributed by atoms with E-state index in [1.807, 2.05) is 24.3 Å². The predicted octanol–water partition coefficient (Wildman–Crippen LogP) is 2.19. The molecule has 2 rings (SSSR count). The Morgan fingerprint density at radius 2 is 2.14 bits per heavy atom. The van der Waals surface area contributed by atoms with Gasteiger partial charge in [-0.3, -0.25) is 0 Å². The first kappa shape index (κ1) is 9.71.